The Kier molecular flexibility index (Phi) is 2.53. The molecule has 0 aliphatic rings. The summed E-state index contributed by atoms with van der Waals surface area (Å²) in [4.78, 5) is 36.0. The van der Waals surface area contributed by atoms with Gasteiger partial charge in [0, 0.05) is 0 Å². The average molecular weight is 168 g/mol. The largest absolute Gasteiger partial charge is 0.413 e. The first kappa shape index (κ1) is 9.09. The van der Waals surface area contributed by atoms with Crippen LogP contribution >= 0.6 is 7.60 Å². The molecule has 8 heteroatoms. The quantitative estimate of drug-likeness (QED) is 0.371. The Labute approximate surface area is 55.4 Å². The maximum atomic E-state index is 10.1. The van der Waals surface area contributed by atoms with Crippen LogP contribution in [-0.2, 0) is 4.57 Å². The highest BCUT2D eigenvalue weighted by molar-refractivity contribution is 7.70. The number of nitrogens with one attached hydrogen (secondary N) is 1. The molecule has 0 aliphatic carbocycles. The van der Waals surface area contributed by atoms with Crippen LogP contribution in [0.1, 0.15) is 0 Å². The molecule has 0 aromatic heterocycles. The second-order valence-electron chi connectivity index (χ2n) is 1.34. The van der Waals surface area contributed by atoms with Crippen molar-refractivity contribution in [1.29, 1.82) is 0 Å². The zero-order valence-corrected chi connectivity index (χ0v) is 5.54. The second-order valence-corrected chi connectivity index (χ2v) is 2.83. The molecule has 0 aromatic rings. The summed E-state index contributed by atoms with van der Waals surface area (Å²) in [5, 5.41) is 1.22. The Hall–Kier alpha value is -0.910. The van der Waals surface area contributed by atoms with E-state index in [1.807, 2.05) is 0 Å². The van der Waals surface area contributed by atoms with Gasteiger partial charge in [-0.1, -0.05) is 0 Å². The van der Waals surface area contributed by atoms with Gasteiger partial charge in [0.05, 0.1) is 0 Å². The Balaban J connectivity index is 4.13. The fraction of sp³-hybridized carbons (Fsp3) is 0. The van der Waals surface area contributed by atoms with Gasteiger partial charge >= 0.3 is 19.3 Å². The molecule has 10 heavy (non-hydrogen) atoms. The van der Waals surface area contributed by atoms with E-state index in [1.54, 1.807) is 0 Å². The fourth-order valence-electron chi connectivity index (χ4n) is 0.178. The lowest BCUT2D eigenvalue weighted by atomic mass is 11.0. The van der Waals surface area contributed by atoms with E-state index in [4.69, 9.17) is 9.79 Å². The summed E-state index contributed by atoms with van der Waals surface area (Å²) < 4.78 is 9.94. The van der Waals surface area contributed by atoms with E-state index in [9.17, 15) is 14.2 Å². The van der Waals surface area contributed by atoms with Gasteiger partial charge in [-0.15, -0.1) is 0 Å². The molecule has 0 aliphatic heterocycles. The van der Waals surface area contributed by atoms with Crippen molar-refractivity contribution < 1.29 is 23.9 Å². The van der Waals surface area contributed by atoms with E-state index in [2.05, 4.69) is 5.73 Å². The van der Waals surface area contributed by atoms with Gasteiger partial charge in [-0.3, -0.25) is 10.1 Å². The molecule has 0 atom stereocenters. The van der Waals surface area contributed by atoms with Gasteiger partial charge in [-0.05, 0) is 0 Å². The van der Waals surface area contributed by atoms with Gasteiger partial charge in [0.1, 0.15) is 0 Å². The minimum atomic E-state index is -4.86. The van der Waals surface area contributed by atoms with Gasteiger partial charge in [0.25, 0.3) is 0 Å². The summed E-state index contributed by atoms with van der Waals surface area (Å²) in [6.07, 6.45) is 0. The van der Waals surface area contributed by atoms with Crippen molar-refractivity contribution in [2.75, 3.05) is 0 Å². The first-order valence-electron chi connectivity index (χ1n) is 2.00. The molecule has 0 fully saturated rings. The highest BCUT2D eigenvalue weighted by atomic mass is 31.2. The van der Waals surface area contributed by atoms with E-state index in [1.165, 1.54) is 5.32 Å². The van der Waals surface area contributed by atoms with Crippen LogP contribution in [0.3, 0.4) is 0 Å². The zero-order chi connectivity index (χ0) is 8.36. The lowest BCUT2D eigenvalue weighted by Crippen LogP contribution is -2.33. The topological polar surface area (TPSA) is 130 Å². The monoisotopic (exact) mass is 168 g/mol. The number of hydrogen-bond acceptors (Lipinski definition) is 3. The molecule has 0 bridgehead atoms. The van der Waals surface area contributed by atoms with Crippen LogP contribution in [0.25, 0.3) is 0 Å². The molecule has 0 unspecified atom stereocenters. The van der Waals surface area contributed by atoms with Gasteiger partial charge in [0.15, 0.2) is 0 Å². The Bertz CT molecular complexity index is 206. The van der Waals surface area contributed by atoms with Gasteiger partial charge in [-0.2, -0.15) is 0 Å². The van der Waals surface area contributed by atoms with Crippen LogP contribution in [0.4, 0.5) is 9.59 Å². The van der Waals surface area contributed by atoms with Crippen molar-refractivity contribution in [3.05, 3.63) is 0 Å². The van der Waals surface area contributed by atoms with Crippen LogP contribution in [0.2, 0.25) is 0 Å². The van der Waals surface area contributed by atoms with Crippen molar-refractivity contribution in [3.63, 3.8) is 0 Å². The molecule has 58 valence electrons. The minimum absolute atomic E-state index is 1.22. The third-order valence-electron chi connectivity index (χ3n) is 0.495. The number of carbonyl (C=O) groups excluding carboxylic acids is 2. The van der Waals surface area contributed by atoms with Gasteiger partial charge < -0.3 is 15.5 Å². The molecular formula is C2H5N2O5P. The number of amides is 3. The van der Waals surface area contributed by atoms with Crippen LogP contribution in [0.15, 0.2) is 0 Å². The summed E-state index contributed by atoms with van der Waals surface area (Å²) in [7, 11) is -4.86. The fourth-order valence-corrected chi connectivity index (χ4v) is 0.434. The highest BCUT2D eigenvalue weighted by Crippen LogP contribution is 2.34. The standard InChI is InChI=1S/C2H5N2O5P/c3-1(5)4-2(6)10(7,8)9/h(H2,7,8,9)(H3,3,4,5,6). The molecule has 0 aromatic carbocycles. The maximum Gasteiger partial charge on any atom is 0.413 e. The summed E-state index contributed by atoms with van der Waals surface area (Å²) in [5.41, 5.74) is 2.68. The van der Waals surface area contributed by atoms with Crippen molar-refractivity contribution in [1.82, 2.24) is 5.32 Å². The molecule has 7 nitrogen and oxygen atoms in total. The third-order valence-corrected chi connectivity index (χ3v) is 1.14. The number of nitrogens with two attached hydrogens (primary N) is 1. The lowest BCUT2D eigenvalue weighted by Gasteiger charge is -2.00. The number of rotatable bonds is 1. The normalized spacial score (nSPS) is 10.6. The van der Waals surface area contributed by atoms with E-state index >= 15 is 0 Å². The van der Waals surface area contributed by atoms with Gasteiger partial charge in [0.2, 0.25) is 0 Å². The van der Waals surface area contributed by atoms with Crippen molar-refractivity contribution >= 4 is 19.3 Å². The number of urea groups is 1. The molecule has 0 radical (unpaired) electrons. The van der Waals surface area contributed by atoms with E-state index < -0.39 is 19.3 Å². The minimum Gasteiger partial charge on any atom is -0.351 e. The Morgan fingerprint density at radius 2 is 1.80 bits per heavy atom. The van der Waals surface area contributed by atoms with Crippen molar-refractivity contribution in [3.8, 4) is 0 Å². The molecule has 0 saturated carbocycles. The number of carbonyl (C=O) groups is 2. The molecule has 5 N–H and O–H groups in total. The van der Waals surface area contributed by atoms with E-state index in [-0.39, 0.29) is 0 Å². The molecular weight excluding hydrogens is 163 g/mol. The Morgan fingerprint density at radius 3 is 1.90 bits per heavy atom. The number of hydrogen-bond donors (Lipinski definition) is 4. The lowest BCUT2D eigenvalue weighted by molar-refractivity contribution is 0.236. The van der Waals surface area contributed by atoms with Crippen molar-refractivity contribution in [2.24, 2.45) is 5.73 Å². The second kappa shape index (κ2) is 2.78. The third kappa shape index (κ3) is 3.18. The molecule has 0 rings (SSSR count). The number of imide groups is 1. The van der Waals surface area contributed by atoms with Crippen molar-refractivity contribution in [2.45, 2.75) is 0 Å². The summed E-state index contributed by atoms with van der Waals surface area (Å²) >= 11 is 0. The Morgan fingerprint density at radius 1 is 1.40 bits per heavy atom. The predicted octanol–water partition coefficient (Wildman–Crippen LogP) is -1.05. The molecule has 0 spiro atoms. The van der Waals surface area contributed by atoms with Gasteiger partial charge in [-0.25, -0.2) is 9.36 Å². The van der Waals surface area contributed by atoms with Crippen LogP contribution in [-0.4, -0.2) is 21.5 Å². The molecule has 0 saturated heterocycles. The highest BCUT2D eigenvalue weighted by Gasteiger charge is 2.26. The van der Waals surface area contributed by atoms with E-state index in [0.29, 0.717) is 0 Å². The van der Waals surface area contributed by atoms with Crippen LogP contribution in [0.5, 0.6) is 0 Å². The summed E-state index contributed by atoms with van der Waals surface area (Å²) in [6.45, 7) is 0. The summed E-state index contributed by atoms with van der Waals surface area (Å²) in [6, 6.07) is -1.30. The summed E-state index contributed by atoms with van der Waals surface area (Å²) in [5.74, 6) is 0. The van der Waals surface area contributed by atoms with E-state index in [0.717, 1.165) is 0 Å². The maximum absolute atomic E-state index is 10.1. The smallest absolute Gasteiger partial charge is 0.351 e. The molecule has 3 amide bonds. The first-order chi connectivity index (χ1) is 4.34. The average Bonchev–Trinajstić information content (AvgIpc) is 1.60. The SMILES string of the molecule is NC(=O)NC(=O)P(=O)(O)O. The van der Waals surface area contributed by atoms with Crippen LogP contribution < -0.4 is 11.1 Å². The number of primary amides is 1. The molecule has 0 heterocycles. The predicted molar refractivity (Wildman–Crippen MR) is 30.2 cm³/mol. The zero-order valence-electron chi connectivity index (χ0n) is 4.64. The first-order valence-corrected chi connectivity index (χ1v) is 3.62. The van der Waals surface area contributed by atoms with Crippen LogP contribution in [0, 0.1) is 0 Å².